The molecule has 0 bridgehead atoms. The molecule has 0 aromatic heterocycles. The Hall–Kier alpha value is -3.28. The maximum atomic E-state index is 11.8. The summed E-state index contributed by atoms with van der Waals surface area (Å²) < 4.78 is 0. The Morgan fingerprint density at radius 2 is 1.08 bits per heavy atom. The zero-order valence-electron chi connectivity index (χ0n) is 14.2. The number of carbonyl (C=O) groups is 2. The largest absolute Gasteiger partial charge is 0.273 e. The molecule has 2 aromatic carbocycles. The Morgan fingerprint density at radius 1 is 0.720 bits per heavy atom. The topological polar surface area (TPSA) is 82.9 Å². The van der Waals surface area contributed by atoms with Gasteiger partial charge in [0.1, 0.15) is 6.42 Å². The van der Waals surface area contributed by atoms with E-state index < -0.39 is 11.8 Å². The van der Waals surface area contributed by atoms with E-state index in [9.17, 15) is 9.59 Å². The molecule has 0 saturated heterocycles. The van der Waals surface area contributed by atoms with Crippen LogP contribution in [-0.4, -0.2) is 23.2 Å². The van der Waals surface area contributed by atoms with Crippen molar-refractivity contribution in [3.63, 3.8) is 0 Å². The van der Waals surface area contributed by atoms with Crippen molar-refractivity contribution in [2.75, 3.05) is 0 Å². The van der Waals surface area contributed by atoms with Gasteiger partial charge in [0.05, 0.1) is 11.4 Å². The molecule has 0 aliphatic rings. The predicted molar refractivity (Wildman–Crippen MR) is 98.2 cm³/mol. The summed E-state index contributed by atoms with van der Waals surface area (Å²) in [5.41, 5.74) is 7.86. The molecule has 0 heterocycles. The molecule has 2 amide bonds. The molecule has 0 unspecified atom stereocenters. The van der Waals surface area contributed by atoms with Gasteiger partial charge in [-0.1, -0.05) is 60.7 Å². The van der Waals surface area contributed by atoms with Gasteiger partial charge in [-0.15, -0.1) is 0 Å². The highest BCUT2D eigenvalue weighted by molar-refractivity contribution is 6.02. The van der Waals surface area contributed by atoms with Crippen molar-refractivity contribution < 1.29 is 9.59 Å². The number of benzene rings is 2. The lowest BCUT2D eigenvalue weighted by molar-refractivity contribution is -0.129. The molecule has 6 heteroatoms. The SMILES string of the molecule is CC(=NNC(=O)CC(=O)NN=C(C)c1ccccc1)c1ccccc1. The van der Waals surface area contributed by atoms with Crippen LogP contribution in [0.25, 0.3) is 0 Å². The van der Waals surface area contributed by atoms with Gasteiger partial charge in [-0.25, -0.2) is 10.9 Å². The monoisotopic (exact) mass is 336 g/mol. The molecule has 2 N–H and O–H groups in total. The van der Waals surface area contributed by atoms with E-state index in [1.165, 1.54) is 0 Å². The molecule has 2 aromatic rings. The summed E-state index contributed by atoms with van der Waals surface area (Å²) in [5.74, 6) is -0.999. The summed E-state index contributed by atoms with van der Waals surface area (Å²) in [7, 11) is 0. The maximum absolute atomic E-state index is 11.8. The molecule has 0 fully saturated rings. The summed E-state index contributed by atoms with van der Waals surface area (Å²) >= 11 is 0. The minimum Gasteiger partial charge on any atom is -0.273 e. The lowest BCUT2D eigenvalue weighted by Gasteiger charge is -2.04. The lowest BCUT2D eigenvalue weighted by atomic mass is 10.1. The Bertz CT molecular complexity index is 716. The Morgan fingerprint density at radius 3 is 1.44 bits per heavy atom. The van der Waals surface area contributed by atoms with Gasteiger partial charge in [-0.3, -0.25) is 9.59 Å². The zero-order chi connectivity index (χ0) is 18.1. The summed E-state index contributed by atoms with van der Waals surface area (Å²) in [6, 6.07) is 18.9. The Kier molecular flexibility index (Phi) is 6.59. The van der Waals surface area contributed by atoms with E-state index in [1.807, 2.05) is 60.7 Å². The Balaban J connectivity index is 1.83. The fourth-order valence-electron chi connectivity index (χ4n) is 2.01. The number of hydrazone groups is 2. The quantitative estimate of drug-likeness (QED) is 0.482. The fourth-order valence-corrected chi connectivity index (χ4v) is 2.01. The van der Waals surface area contributed by atoms with E-state index in [4.69, 9.17) is 0 Å². The standard InChI is InChI=1S/C19H20N4O2/c1-14(16-9-5-3-6-10-16)20-22-18(24)13-19(25)23-21-15(2)17-11-7-4-8-12-17/h3-12H,13H2,1-2H3,(H,22,24)(H,23,25). The number of nitrogens with zero attached hydrogens (tertiary/aromatic N) is 2. The van der Waals surface area contributed by atoms with Crippen molar-refractivity contribution in [3.8, 4) is 0 Å². The molecule has 0 atom stereocenters. The fraction of sp³-hybridized carbons (Fsp3) is 0.158. The summed E-state index contributed by atoms with van der Waals surface area (Å²) in [4.78, 5) is 23.6. The van der Waals surface area contributed by atoms with E-state index in [2.05, 4.69) is 21.1 Å². The normalized spacial score (nSPS) is 11.8. The smallest absolute Gasteiger partial charge is 0.249 e. The summed E-state index contributed by atoms with van der Waals surface area (Å²) in [6.45, 7) is 3.56. The first kappa shape index (κ1) is 18.1. The van der Waals surface area contributed by atoms with Crippen LogP contribution in [0.4, 0.5) is 0 Å². The van der Waals surface area contributed by atoms with Gasteiger partial charge in [-0.2, -0.15) is 10.2 Å². The van der Waals surface area contributed by atoms with Crippen molar-refractivity contribution in [3.05, 3.63) is 71.8 Å². The van der Waals surface area contributed by atoms with Crippen LogP contribution in [0.5, 0.6) is 0 Å². The predicted octanol–water partition coefficient (Wildman–Crippen LogP) is 2.46. The van der Waals surface area contributed by atoms with Crippen LogP contribution < -0.4 is 10.9 Å². The highest BCUT2D eigenvalue weighted by atomic mass is 16.2. The molecular weight excluding hydrogens is 316 g/mol. The molecule has 0 spiro atoms. The molecule has 6 nitrogen and oxygen atoms in total. The molecular formula is C19H20N4O2. The van der Waals surface area contributed by atoms with Crippen molar-refractivity contribution in [2.45, 2.75) is 20.3 Å². The molecule has 25 heavy (non-hydrogen) atoms. The van der Waals surface area contributed by atoms with Crippen LogP contribution in [-0.2, 0) is 9.59 Å². The van der Waals surface area contributed by atoms with Crippen molar-refractivity contribution in [2.24, 2.45) is 10.2 Å². The van der Waals surface area contributed by atoms with E-state index in [0.717, 1.165) is 11.1 Å². The minimum atomic E-state index is -0.500. The van der Waals surface area contributed by atoms with Crippen LogP contribution in [0.2, 0.25) is 0 Å². The molecule has 0 saturated carbocycles. The lowest BCUT2D eigenvalue weighted by Crippen LogP contribution is -2.28. The molecule has 0 radical (unpaired) electrons. The van der Waals surface area contributed by atoms with E-state index >= 15 is 0 Å². The number of rotatable bonds is 6. The first-order chi connectivity index (χ1) is 12.1. The van der Waals surface area contributed by atoms with Crippen molar-refractivity contribution >= 4 is 23.2 Å². The van der Waals surface area contributed by atoms with Crippen LogP contribution in [0, 0.1) is 0 Å². The van der Waals surface area contributed by atoms with Gasteiger partial charge in [0.25, 0.3) is 0 Å². The average Bonchev–Trinajstić information content (AvgIpc) is 2.65. The van der Waals surface area contributed by atoms with Crippen LogP contribution in [0.1, 0.15) is 31.4 Å². The molecule has 0 aliphatic carbocycles. The van der Waals surface area contributed by atoms with Gasteiger partial charge in [0, 0.05) is 0 Å². The average molecular weight is 336 g/mol. The first-order valence-corrected chi connectivity index (χ1v) is 7.83. The number of amides is 2. The second kappa shape index (κ2) is 9.12. The third-order valence-corrected chi connectivity index (χ3v) is 3.40. The highest BCUT2D eigenvalue weighted by Gasteiger charge is 2.08. The van der Waals surface area contributed by atoms with Crippen LogP contribution in [0.3, 0.4) is 0 Å². The molecule has 2 rings (SSSR count). The van der Waals surface area contributed by atoms with Crippen LogP contribution >= 0.6 is 0 Å². The molecule has 128 valence electrons. The summed E-state index contributed by atoms with van der Waals surface area (Å²) in [5, 5.41) is 7.98. The number of hydrogen-bond acceptors (Lipinski definition) is 4. The first-order valence-electron chi connectivity index (χ1n) is 7.83. The van der Waals surface area contributed by atoms with Crippen molar-refractivity contribution in [1.82, 2.24) is 10.9 Å². The van der Waals surface area contributed by atoms with Gasteiger partial charge >= 0.3 is 0 Å². The van der Waals surface area contributed by atoms with E-state index in [-0.39, 0.29) is 6.42 Å². The maximum Gasteiger partial charge on any atom is 0.249 e. The highest BCUT2D eigenvalue weighted by Crippen LogP contribution is 2.01. The van der Waals surface area contributed by atoms with E-state index in [0.29, 0.717) is 11.4 Å². The Labute approximate surface area is 146 Å². The number of carbonyl (C=O) groups excluding carboxylic acids is 2. The second-order valence-electron chi connectivity index (χ2n) is 5.37. The third-order valence-electron chi connectivity index (χ3n) is 3.40. The van der Waals surface area contributed by atoms with Gasteiger partial charge in [0.2, 0.25) is 11.8 Å². The number of hydrogen-bond donors (Lipinski definition) is 2. The van der Waals surface area contributed by atoms with Crippen molar-refractivity contribution in [1.29, 1.82) is 0 Å². The molecule has 0 aliphatic heterocycles. The number of nitrogens with one attached hydrogen (secondary N) is 2. The zero-order valence-corrected chi connectivity index (χ0v) is 14.2. The summed E-state index contributed by atoms with van der Waals surface area (Å²) in [6.07, 6.45) is -0.350. The van der Waals surface area contributed by atoms with Crippen LogP contribution in [0.15, 0.2) is 70.9 Å². The third kappa shape index (κ3) is 6.02. The second-order valence-corrected chi connectivity index (χ2v) is 5.37. The minimum absolute atomic E-state index is 0.350. The van der Waals surface area contributed by atoms with E-state index in [1.54, 1.807) is 13.8 Å². The van der Waals surface area contributed by atoms with Gasteiger partial charge in [0.15, 0.2) is 0 Å². The van der Waals surface area contributed by atoms with Gasteiger partial charge < -0.3 is 0 Å². The van der Waals surface area contributed by atoms with Gasteiger partial charge in [-0.05, 0) is 25.0 Å².